The summed E-state index contributed by atoms with van der Waals surface area (Å²) in [5.74, 6) is -0.412. The number of rotatable bonds is 4. The molecule has 0 amide bonds. The average Bonchev–Trinajstić information content (AvgIpc) is 2.42. The maximum Gasteiger partial charge on any atom is 0.302 e. The lowest BCUT2D eigenvalue weighted by Crippen LogP contribution is -2.49. The second-order valence-corrected chi connectivity index (χ2v) is 4.94. The van der Waals surface area contributed by atoms with Crippen LogP contribution < -0.4 is 0 Å². The van der Waals surface area contributed by atoms with Crippen LogP contribution in [0.25, 0.3) is 0 Å². The van der Waals surface area contributed by atoms with Gasteiger partial charge in [-0.3, -0.25) is 4.79 Å². The number of esters is 1. The SMILES string of the molecule is CC(=O)O[C@H]1C[C@H](OCc2ccccc2)O[C@H](C)[C@H]1O. The molecule has 20 heavy (non-hydrogen) atoms. The Morgan fingerprint density at radius 2 is 2.10 bits per heavy atom. The molecule has 2 rings (SSSR count). The van der Waals surface area contributed by atoms with Crippen LogP contribution in [0.2, 0.25) is 0 Å². The number of carbonyl (C=O) groups is 1. The van der Waals surface area contributed by atoms with Crippen LogP contribution in [-0.2, 0) is 25.6 Å². The third kappa shape index (κ3) is 4.03. The van der Waals surface area contributed by atoms with E-state index in [4.69, 9.17) is 14.2 Å². The molecule has 0 spiro atoms. The predicted molar refractivity (Wildman–Crippen MR) is 71.7 cm³/mol. The van der Waals surface area contributed by atoms with Crippen molar-refractivity contribution < 1.29 is 24.1 Å². The van der Waals surface area contributed by atoms with Gasteiger partial charge in [-0.15, -0.1) is 0 Å². The van der Waals surface area contributed by atoms with E-state index in [1.165, 1.54) is 6.92 Å². The van der Waals surface area contributed by atoms with Crippen molar-refractivity contribution >= 4 is 5.97 Å². The maximum atomic E-state index is 11.0. The number of aliphatic hydroxyl groups is 1. The third-order valence-electron chi connectivity index (χ3n) is 3.25. The van der Waals surface area contributed by atoms with Crippen molar-refractivity contribution in [3.8, 4) is 0 Å². The number of ether oxygens (including phenoxy) is 3. The normalized spacial score (nSPS) is 29.9. The molecule has 5 nitrogen and oxygen atoms in total. The minimum Gasteiger partial charge on any atom is -0.459 e. The van der Waals surface area contributed by atoms with Gasteiger partial charge in [0, 0.05) is 13.3 Å². The highest BCUT2D eigenvalue weighted by Crippen LogP contribution is 2.24. The molecule has 1 saturated heterocycles. The van der Waals surface area contributed by atoms with Gasteiger partial charge >= 0.3 is 5.97 Å². The first-order valence-corrected chi connectivity index (χ1v) is 6.72. The molecular weight excluding hydrogens is 260 g/mol. The molecule has 0 aromatic heterocycles. The van der Waals surface area contributed by atoms with Crippen LogP contribution in [-0.4, -0.2) is 35.7 Å². The number of hydrogen-bond donors (Lipinski definition) is 1. The summed E-state index contributed by atoms with van der Waals surface area (Å²) in [7, 11) is 0. The molecule has 4 atom stereocenters. The minimum absolute atomic E-state index is 0.331. The van der Waals surface area contributed by atoms with Gasteiger partial charge in [0.2, 0.25) is 0 Å². The van der Waals surface area contributed by atoms with Gasteiger partial charge in [-0.1, -0.05) is 30.3 Å². The van der Waals surface area contributed by atoms with Crippen molar-refractivity contribution in [2.45, 2.75) is 51.5 Å². The van der Waals surface area contributed by atoms with Gasteiger partial charge < -0.3 is 19.3 Å². The summed E-state index contributed by atoms with van der Waals surface area (Å²) < 4.78 is 16.4. The smallest absolute Gasteiger partial charge is 0.302 e. The topological polar surface area (TPSA) is 65.0 Å². The van der Waals surface area contributed by atoms with Gasteiger partial charge in [0.25, 0.3) is 0 Å². The summed E-state index contributed by atoms with van der Waals surface area (Å²) in [5.41, 5.74) is 1.04. The molecule has 0 aliphatic carbocycles. The van der Waals surface area contributed by atoms with Crippen LogP contribution in [0.15, 0.2) is 30.3 Å². The van der Waals surface area contributed by atoms with Crippen LogP contribution in [0.4, 0.5) is 0 Å². The fourth-order valence-electron chi connectivity index (χ4n) is 2.21. The Morgan fingerprint density at radius 1 is 1.40 bits per heavy atom. The molecule has 110 valence electrons. The van der Waals surface area contributed by atoms with Crippen molar-refractivity contribution in [1.82, 2.24) is 0 Å². The van der Waals surface area contributed by atoms with Gasteiger partial charge in [-0.05, 0) is 12.5 Å². The lowest BCUT2D eigenvalue weighted by Gasteiger charge is -2.37. The molecule has 1 aliphatic heterocycles. The largest absolute Gasteiger partial charge is 0.459 e. The first-order chi connectivity index (χ1) is 9.56. The Bertz CT molecular complexity index is 433. The minimum atomic E-state index is -0.824. The quantitative estimate of drug-likeness (QED) is 0.849. The summed E-state index contributed by atoms with van der Waals surface area (Å²) in [6.07, 6.45) is -2.00. The Hall–Kier alpha value is -1.43. The summed E-state index contributed by atoms with van der Waals surface area (Å²) in [4.78, 5) is 11.0. The Morgan fingerprint density at radius 3 is 2.75 bits per heavy atom. The van der Waals surface area contributed by atoms with Crippen molar-refractivity contribution in [2.24, 2.45) is 0 Å². The Kier molecular flexibility index (Phi) is 5.11. The van der Waals surface area contributed by atoms with E-state index in [1.807, 2.05) is 30.3 Å². The van der Waals surface area contributed by atoms with Gasteiger partial charge in [-0.2, -0.15) is 0 Å². The molecule has 1 N–H and O–H groups in total. The van der Waals surface area contributed by atoms with E-state index in [9.17, 15) is 9.90 Å². The van der Waals surface area contributed by atoms with Gasteiger partial charge in [0.05, 0.1) is 12.7 Å². The molecule has 0 radical (unpaired) electrons. The summed E-state index contributed by atoms with van der Waals surface area (Å²) in [6.45, 7) is 3.48. The van der Waals surface area contributed by atoms with E-state index in [2.05, 4.69) is 0 Å². The fourth-order valence-corrected chi connectivity index (χ4v) is 2.21. The molecule has 1 aliphatic rings. The zero-order valence-corrected chi connectivity index (χ0v) is 11.7. The number of carbonyl (C=O) groups excluding carboxylic acids is 1. The highest BCUT2D eigenvalue weighted by molar-refractivity contribution is 5.66. The molecule has 1 fully saturated rings. The fraction of sp³-hybridized carbons (Fsp3) is 0.533. The van der Waals surface area contributed by atoms with Gasteiger partial charge in [0.15, 0.2) is 6.29 Å². The molecule has 0 bridgehead atoms. The summed E-state index contributed by atoms with van der Waals surface area (Å²) in [6, 6.07) is 9.74. The van der Waals surface area contributed by atoms with E-state index in [0.717, 1.165) is 5.56 Å². The van der Waals surface area contributed by atoms with Crippen molar-refractivity contribution in [3.63, 3.8) is 0 Å². The molecule has 1 aromatic rings. The monoisotopic (exact) mass is 280 g/mol. The lowest BCUT2D eigenvalue weighted by atomic mass is 10.0. The van der Waals surface area contributed by atoms with E-state index in [1.54, 1.807) is 6.92 Å². The van der Waals surface area contributed by atoms with E-state index in [-0.39, 0.29) is 0 Å². The molecule has 0 saturated carbocycles. The van der Waals surface area contributed by atoms with Crippen LogP contribution in [0, 0.1) is 0 Å². The average molecular weight is 280 g/mol. The van der Waals surface area contributed by atoms with Crippen LogP contribution in [0.3, 0.4) is 0 Å². The van der Waals surface area contributed by atoms with Gasteiger partial charge in [-0.25, -0.2) is 0 Å². The van der Waals surface area contributed by atoms with E-state index < -0.39 is 30.6 Å². The zero-order valence-electron chi connectivity index (χ0n) is 11.7. The second-order valence-electron chi connectivity index (χ2n) is 4.94. The van der Waals surface area contributed by atoms with Gasteiger partial charge in [0.1, 0.15) is 12.2 Å². The van der Waals surface area contributed by atoms with Crippen LogP contribution >= 0.6 is 0 Å². The van der Waals surface area contributed by atoms with E-state index in [0.29, 0.717) is 13.0 Å². The lowest BCUT2D eigenvalue weighted by molar-refractivity contribution is -0.253. The highest BCUT2D eigenvalue weighted by atomic mass is 16.7. The van der Waals surface area contributed by atoms with Crippen molar-refractivity contribution in [3.05, 3.63) is 35.9 Å². The van der Waals surface area contributed by atoms with E-state index >= 15 is 0 Å². The first kappa shape index (κ1) is 15.0. The Balaban J connectivity index is 1.90. The zero-order chi connectivity index (χ0) is 14.5. The predicted octanol–water partition coefficient (Wildman–Crippen LogP) is 1.63. The Labute approximate surface area is 118 Å². The molecular formula is C15H20O5. The number of aliphatic hydroxyl groups excluding tert-OH is 1. The first-order valence-electron chi connectivity index (χ1n) is 6.72. The molecule has 1 aromatic carbocycles. The highest BCUT2D eigenvalue weighted by Gasteiger charge is 2.37. The van der Waals surface area contributed by atoms with Crippen molar-refractivity contribution in [2.75, 3.05) is 0 Å². The molecule has 0 unspecified atom stereocenters. The van der Waals surface area contributed by atoms with Crippen LogP contribution in [0.5, 0.6) is 0 Å². The molecule has 5 heteroatoms. The van der Waals surface area contributed by atoms with Crippen LogP contribution in [0.1, 0.15) is 25.8 Å². The maximum absolute atomic E-state index is 11.0. The number of hydrogen-bond acceptors (Lipinski definition) is 5. The number of benzene rings is 1. The summed E-state index contributed by atoms with van der Waals surface area (Å²) in [5, 5.41) is 9.93. The standard InChI is InChI=1S/C15H20O5/c1-10-15(17)13(20-11(2)16)8-14(19-10)18-9-12-6-4-3-5-7-12/h3-7,10,13-15,17H,8-9H2,1-2H3/t10-,13+,14-,15-/m1/s1. The third-order valence-corrected chi connectivity index (χ3v) is 3.25. The van der Waals surface area contributed by atoms with Crippen molar-refractivity contribution in [1.29, 1.82) is 0 Å². The second kappa shape index (κ2) is 6.83. The summed E-state index contributed by atoms with van der Waals surface area (Å²) >= 11 is 0. The molecule has 1 heterocycles.